The van der Waals surface area contributed by atoms with Crippen molar-refractivity contribution >= 4 is 23.3 Å². The summed E-state index contributed by atoms with van der Waals surface area (Å²) in [6, 6.07) is 18.1. The van der Waals surface area contributed by atoms with Gasteiger partial charge in [-0.05, 0) is 30.5 Å². The van der Waals surface area contributed by atoms with Gasteiger partial charge in [0, 0.05) is 61.1 Å². The predicted molar refractivity (Wildman–Crippen MR) is 139 cm³/mol. The number of anilines is 1. The zero-order valence-corrected chi connectivity index (χ0v) is 20.9. The molecule has 3 heterocycles. The van der Waals surface area contributed by atoms with Crippen LogP contribution in [0.5, 0.6) is 0 Å². The van der Waals surface area contributed by atoms with E-state index in [1.54, 1.807) is 0 Å². The number of amides is 1. The maximum absolute atomic E-state index is 12.9. The van der Waals surface area contributed by atoms with Crippen LogP contribution in [0.25, 0.3) is 11.4 Å². The van der Waals surface area contributed by atoms with E-state index >= 15 is 0 Å². The number of nitrogens with zero attached hydrogens (tertiary/aromatic N) is 4. The summed E-state index contributed by atoms with van der Waals surface area (Å²) in [6.07, 6.45) is 2.39. The van der Waals surface area contributed by atoms with Gasteiger partial charge in [-0.15, -0.1) is 0 Å². The summed E-state index contributed by atoms with van der Waals surface area (Å²) in [7, 11) is 0. The number of piperazine rings is 1. The Bertz CT molecular complexity index is 1160. The Kier molecular flexibility index (Phi) is 7.30. The molecule has 35 heavy (non-hydrogen) atoms. The molecule has 2 saturated heterocycles. The van der Waals surface area contributed by atoms with Crippen molar-refractivity contribution in [1.82, 2.24) is 14.9 Å². The quantitative estimate of drug-likeness (QED) is 0.504. The van der Waals surface area contributed by atoms with Crippen molar-refractivity contribution in [3.8, 4) is 11.4 Å². The average Bonchev–Trinajstić information content (AvgIpc) is 3.45. The number of rotatable bonds is 6. The zero-order chi connectivity index (χ0) is 24.2. The van der Waals surface area contributed by atoms with Crippen LogP contribution in [0.15, 0.2) is 54.6 Å². The van der Waals surface area contributed by atoms with Crippen molar-refractivity contribution in [2.75, 3.05) is 44.3 Å². The van der Waals surface area contributed by atoms with Crippen LogP contribution in [0.1, 0.15) is 30.2 Å². The molecule has 0 N–H and O–H groups in total. The van der Waals surface area contributed by atoms with E-state index in [1.165, 1.54) is 5.56 Å². The summed E-state index contributed by atoms with van der Waals surface area (Å²) in [6.45, 7) is 6.28. The summed E-state index contributed by atoms with van der Waals surface area (Å²) in [5, 5.41) is 0.730. The second kappa shape index (κ2) is 10.8. The third kappa shape index (κ3) is 5.34. The summed E-state index contributed by atoms with van der Waals surface area (Å²) in [5.41, 5.74) is 4.40. The van der Waals surface area contributed by atoms with Crippen LogP contribution in [-0.4, -0.2) is 60.2 Å². The van der Waals surface area contributed by atoms with Crippen LogP contribution in [0.2, 0.25) is 5.02 Å². The van der Waals surface area contributed by atoms with E-state index < -0.39 is 0 Å². The first-order chi connectivity index (χ1) is 17.1. The van der Waals surface area contributed by atoms with E-state index in [0.29, 0.717) is 26.3 Å². The number of hydrogen-bond donors (Lipinski definition) is 0. The Morgan fingerprint density at radius 1 is 1.03 bits per heavy atom. The highest BCUT2D eigenvalue weighted by atomic mass is 35.5. The number of benzene rings is 2. The highest BCUT2D eigenvalue weighted by Crippen LogP contribution is 2.29. The topological polar surface area (TPSA) is 58.6 Å². The van der Waals surface area contributed by atoms with E-state index in [2.05, 4.69) is 36.1 Å². The molecular weight excluding hydrogens is 460 g/mol. The molecule has 6 nitrogen and oxygen atoms in total. The third-order valence-electron chi connectivity index (χ3n) is 6.90. The molecule has 2 aliphatic heterocycles. The Morgan fingerprint density at radius 3 is 2.43 bits per heavy atom. The molecule has 1 aromatic heterocycles. The maximum atomic E-state index is 12.9. The summed E-state index contributed by atoms with van der Waals surface area (Å²) >= 11 is 6.13. The Balaban J connectivity index is 1.46. The van der Waals surface area contributed by atoms with Gasteiger partial charge < -0.3 is 14.5 Å². The minimum Gasteiger partial charge on any atom is -0.381 e. The minimum absolute atomic E-state index is 0.0115. The lowest BCUT2D eigenvalue weighted by molar-refractivity contribution is -0.135. The van der Waals surface area contributed by atoms with E-state index in [1.807, 2.05) is 35.2 Å². The molecule has 1 unspecified atom stereocenters. The normalized spacial score (nSPS) is 18.2. The number of ether oxygens (including phenoxy) is 1. The Hall–Kier alpha value is -2.96. The van der Waals surface area contributed by atoms with Gasteiger partial charge in [0.15, 0.2) is 5.82 Å². The Labute approximate surface area is 211 Å². The molecule has 3 aromatic rings. The van der Waals surface area contributed by atoms with E-state index in [0.717, 1.165) is 65.8 Å². The molecule has 0 saturated carbocycles. The molecule has 2 aromatic carbocycles. The third-order valence-corrected chi connectivity index (χ3v) is 7.15. The first-order valence-electron chi connectivity index (χ1n) is 12.4. The van der Waals surface area contributed by atoms with Gasteiger partial charge in [0.2, 0.25) is 5.91 Å². The van der Waals surface area contributed by atoms with Crippen LogP contribution in [0.3, 0.4) is 0 Å². The first kappa shape index (κ1) is 23.8. The fraction of sp³-hybridized carbons (Fsp3) is 0.393. The summed E-state index contributed by atoms with van der Waals surface area (Å²) in [5.74, 6) is 1.96. The van der Waals surface area contributed by atoms with Gasteiger partial charge in [-0.1, -0.05) is 61.0 Å². The molecule has 0 spiro atoms. The second-order valence-corrected chi connectivity index (χ2v) is 9.63. The van der Waals surface area contributed by atoms with Crippen LogP contribution in [-0.2, 0) is 22.4 Å². The molecule has 2 aliphatic rings. The molecule has 0 bridgehead atoms. The van der Waals surface area contributed by atoms with E-state index in [4.69, 9.17) is 26.3 Å². The van der Waals surface area contributed by atoms with Crippen LogP contribution in [0.4, 0.5) is 5.82 Å². The standard InChI is InChI=1S/C28H31ClN4O2/c1-2-25-24(18-20-8-10-23(29)11-9-20)27(31-26(30-25)21-6-4-3-5-7-21)32-13-15-33(16-14-32)28(34)22-12-17-35-19-22/h3-11,22H,2,12-19H2,1H3. The van der Waals surface area contributed by atoms with Crippen molar-refractivity contribution < 1.29 is 9.53 Å². The average molecular weight is 491 g/mol. The summed E-state index contributed by atoms with van der Waals surface area (Å²) < 4.78 is 5.44. The molecule has 5 rings (SSSR count). The minimum atomic E-state index is 0.0115. The Morgan fingerprint density at radius 2 is 1.77 bits per heavy atom. The fourth-order valence-electron chi connectivity index (χ4n) is 4.90. The van der Waals surface area contributed by atoms with Crippen molar-refractivity contribution in [2.45, 2.75) is 26.2 Å². The van der Waals surface area contributed by atoms with Gasteiger partial charge in [0.25, 0.3) is 0 Å². The number of halogens is 1. The lowest BCUT2D eigenvalue weighted by Gasteiger charge is -2.37. The fourth-order valence-corrected chi connectivity index (χ4v) is 5.03. The molecule has 7 heteroatoms. The van der Waals surface area contributed by atoms with Crippen LogP contribution in [0, 0.1) is 5.92 Å². The second-order valence-electron chi connectivity index (χ2n) is 9.19. The lowest BCUT2D eigenvalue weighted by Crippen LogP contribution is -2.51. The smallest absolute Gasteiger partial charge is 0.228 e. The van der Waals surface area contributed by atoms with Crippen molar-refractivity contribution in [2.24, 2.45) is 5.92 Å². The summed E-state index contributed by atoms with van der Waals surface area (Å²) in [4.78, 5) is 27.3. The van der Waals surface area contributed by atoms with Gasteiger partial charge in [-0.2, -0.15) is 0 Å². The van der Waals surface area contributed by atoms with Crippen molar-refractivity contribution in [1.29, 1.82) is 0 Å². The molecule has 2 fully saturated rings. The maximum Gasteiger partial charge on any atom is 0.228 e. The first-order valence-corrected chi connectivity index (χ1v) is 12.8. The molecule has 0 aliphatic carbocycles. The largest absolute Gasteiger partial charge is 0.381 e. The van der Waals surface area contributed by atoms with E-state index in [9.17, 15) is 4.79 Å². The SMILES string of the molecule is CCc1nc(-c2ccccc2)nc(N2CCN(C(=O)C3CCOC3)CC2)c1Cc1ccc(Cl)cc1. The lowest BCUT2D eigenvalue weighted by atomic mass is 10.0. The van der Waals surface area contributed by atoms with Crippen molar-refractivity contribution in [3.05, 3.63) is 76.4 Å². The van der Waals surface area contributed by atoms with Gasteiger partial charge in [-0.25, -0.2) is 9.97 Å². The number of hydrogen-bond acceptors (Lipinski definition) is 5. The molecule has 1 atom stereocenters. The number of carbonyl (C=O) groups is 1. The van der Waals surface area contributed by atoms with Gasteiger partial charge in [-0.3, -0.25) is 4.79 Å². The van der Waals surface area contributed by atoms with Crippen molar-refractivity contribution in [3.63, 3.8) is 0 Å². The van der Waals surface area contributed by atoms with Gasteiger partial charge in [0.05, 0.1) is 12.5 Å². The molecule has 182 valence electrons. The van der Waals surface area contributed by atoms with Gasteiger partial charge in [0.1, 0.15) is 5.82 Å². The van der Waals surface area contributed by atoms with E-state index in [-0.39, 0.29) is 11.8 Å². The molecule has 0 radical (unpaired) electrons. The predicted octanol–water partition coefficient (Wildman–Crippen LogP) is 4.64. The van der Waals surface area contributed by atoms with Gasteiger partial charge >= 0.3 is 0 Å². The molecule has 1 amide bonds. The highest BCUT2D eigenvalue weighted by Gasteiger charge is 2.31. The number of aromatic nitrogens is 2. The molecular formula is C28H31ClN4O2. The monoisotopic (exact) mass is 490 g/mol. The zero-order valence-electron chi connectivity index (χ0n) is 20.1. The number of aryl methyl sites for hydroxylation is 1. The van der Waals surface area contributed by atoms with Crippen LogP contribution < -0.4 is 4.90 Å². The number of carbonyl (C=O) groups excluding carboxylic acids is 1. The van der Waals surface area contributed by atoms with Crippen LogP contribution >= 0.6 is 11.6 Å². The highest BCUT2D eigenvalue weighted by molar-refractivity contribution is 6.30.